The number of rotatable bonds is 3. The Balaban J connectivity index is 0.00000200. The van der Waals surface area contributed by atoms with Gasteiger partial charge in [0.05, 0.1) is 0 Å². The molecule has 0 spiro atoms. The van der Waals surface area contributed by atoms with Crippen LogP contribution in [0.1, 0.15) is 24.8 Å². The van der Waals surface area contributed by atoms with E-state index in [0.29, 0.717) is 12.5 Å². The highest BCUT2D eigenvalue weighted by molar-refractivity contribution is 14.0. The summed E-state index contributed by atoms with van der Waals surface area (Å²) in [5.41, 5.74) is 5.96. The summed E-state index contributed by atoms with van der Waals surface area (Å²) >= 11 is 0. The Labute approximate surface area is 135 Å². The molecule has 1 aliphatic heterocycles. The van der Waals surface area contributed by atoms with Crippen molar-refractivity contribution in [3.63, 3.8) is 0 Å². The summed E-state index contributed by atoms with van der Waals surface area (Å²) in [6, 6.07) is 3.88. The third kappa shape index (κ3) is 4.57. The minimum Gasteiger partial charge on any atom is -0.370 e. The molecular weight excluding hydrogens is 375 g/mol. The molecule has 112 valence electrons. The van der Waals surface area contributed by atoms with E-state index in [0.717, 1.165) is 25.9 Å². The molecule has 2 N–H and O–H groups in total. The lowest BCUT2D eigenvalue weighted by Crippen LogP contribution is -2.41. The van der Waals surface area contributed by atoms with Gasteiger partial charge in [0.1, 0.15) is 11.6 Å². The topological polar surface area (TPSA) is 41.6 Å². The van der Waals surface area contributed by atoms with Crippen LogP contribution in [0.3, 0.4) is 0 Å². The zero-order valence-corrected chi connectivity index (χ0v) is 13.6. The second kappa shape index (κ2) is 8.39. The van der Waals surface area contributed by atoms with Crippen molar-refractivity contribution < 1.29 is 8.78 Å². The summed E-state index contributed by atoms with van der Waals surface area (Å²) in [6.07, 6.45) is 3.70. The van der Waals surface area contributed by atoms with Crippen LogP contribution in [0, 0.1) is 11.6 Å². The van der Waals surface area contributed by atoms with Crippen molar-refractivity contribution in [3.8, 4) is 0 Å². The maximum Gasteiger partial charge on any atom is 0.191 e. The van der Waals surface area contributed by atoms with Crippen molar-refractivity contribution >= 4 is 29.9 Å². The summed E-state index contributed by atoms with van der Waals surface area (Å²) in [5, 5.41) is 0. The Morgan fingerprint density at radius 3 is 2.35 bits per heavy atom. The van der Waals surface area contributed by atoms with Crippen molar-refractivity contribution in [1.29, 1.82) is 0 Å². The van der Waals surface area contributed by atoms with E-state index in [1.807, 2.05) is 4.90 Å². The molecule has 2 rings (SSSR count). The first-order valence-corrected chi connectivity index (χ1v) is 6.66. The van der Waals surface area contributed by atoms with E-state index in [2.05, 4.69) is 4.99 Å². The second-order valence-electron chi connectivity index (χ2n) is 4.74. The summed E-state index contributed by atoms with van der Waals surface area (Å²) < 4.78 is 26.8. The summed E-state index contributed by atoms with van der Waals surface area (Å²) in [7, 11) is 0. The van der Waals surface area contributed by atoms with Gasteiger partial charge in [-0.1, -0.05) is 6.07 Å². The summed E-state index contributed by atoms with van der Waals surface area (Å²) in [6.45, 7) is 2.15. The molecule has 0 bridgehead atoms. The smallest absolute Gasteiger partial charge is 0.191 e. The van der Waals surface area contributed by atoms with Gasteiger partial charge in [-0.05, 0) is 37.8 Å². The molecule has 0 aliphatic carbocycles. The first-order chi connectivity index (χ1) is 9.18. The van der Waals surface area contributed by atoms with Gasteiger partial charge in [-0.2, -0.15) is 0 Å². The van der Waals surface area contributed by atoms with Gasteiger partial charge >= 0.3 is 0 Å². The number of hydrogen-bond donors (Lipinski definition) is 1. The summed E-state index contributed by atoms with van der Waals surface area (Å²) in [4.78, 5) is 6.24. The molecule has 3 nitrogen and oxygen atoms in total. The molecule has 1 fully saturated rings. The van der Waals surface area contributed by atoms with Crippen molar-refractivity contribution in [1.82, 2.24) is 4.90 Å². The van der Waals surface area contributed by atoms with Crippen molar-refractivity contribution in [2.24, 2.45) is 10.7 Å². The van der Waals surface area contributed by atoms with Gasteiger partial charge in [0.25, 0.3) is 0 Å². The monoisotopic (exact) mass is 395 g/mol. The molecule has 6 heteroatoms. The fraction of sp³-hybridized carbons (Fsp3) is 0.500. The molecule has 0 atom stereocenters. The number of hydrogen-bond acceptors (Lipinski definition) is 1. The van der Waals surface area contributed by atoms with E-state index in [-0.39, 0.29) is 36.0 Å². The minimum atomic E-state index is -0.522. The zero-order valence-electron chi connectivity index (χ0n) is 11.3. The summed E-state index contributed by atoms with van der Waals surface area (Å²) in [5.74, 6) is -0.560. The Morgan fingerprint density at radius 1 is 1.15 bits per heavy atom. The Hall–Kier alpha value is -0.920. The molecule has 1 aromatic rings. The average molecular weight is 395 g/mol. The van der Waals surface area contributed by atoms with Gasteiger partial charge in [-0.3, -0.25) is 4.99 Å². The first-order valence-electron chi connectivity index (χ1n) is 6.66. The maximum absolute atomic E-state index is 13.4. The van der Waals surface area contributed by atoms with Crippen LogP contribution >= 0.6 is 24.0 Å². The SMILES string of the molecule is I.NC(=NCCc1c(F)cccc1F)N1CCCCC1. The lowest BCUT2D eigenvalue weighted by atomic mass is 10.1. The Bertz CT molecular complexity index is 439. The number of nitrogens with zero attached hydrogens (tertiary/aromatic N) is 2. The quantitative estimate of drug-likeness (QED) is 0.486. The number of guanidine groups is 1. The van der Waals surface area contributed by atoms with Crippen LogP contribution < -0.4 is 5.73 Å². The van der Waals surface area contributed by atoms with E-state index >= 15 is 0 Å². The number of nitrogens with two attached hydrogens (primary N) is 1. The van der Waals surface area contributed by atoms with Crippen LogP contribution in [0.5, 0.6) is 0 Å². The van der Waals surface area contributed by atoms with E-state index in [1.54, 1.807) is 0 Å². The van der Waals surface area contributed by atoms with E-state index in [1.165, 1.54) is 24.6 Å². The lowest BCUT2D eigenvalue weighted by molar-refractivity contribution is 0.338. The molecule has 20 heavy (non-hydrogen) atoms. The van der Waals surface area contributed by atoms with Crippen LogP contribution in [0.4, 0.5) is 8.78 Å². The van der Waals surface area contributed by atoms with Crippen LogP contribution in [0.2, 0.25) is 0 Å². The van der Waals surface area contributed by atoms with Gasteiger partial charge in [0.2, 0.25) is 0 Å². The predicted molar refractivity (Wildman–Crippen MR) is 87.4 cm³/mol. The third-order valence-electron chi connectivity index (χ3n) is 3.38. The van der Waals surface area contributed by atoms with E-state index in [4.69, 9.17) is 5.73 Å². The number of piperidine rings is 1. The molecular formula is C14H20F2IN3. The van der Waals surface area contributed by atoms with Gasteiger partial charge in [-0.25, -0.2) is 8.78 Å². The standard InChI is InChI=1S/C14H19F2N3.HI/c15-12-5-4-6-13(16)11(12)7-8-18-14(17)19-9-2-1-3-10-19;/h4-6H,1-3,7-10H2,(H2,17,18);1H. The number of likely N-dealkylation sites (tertiary alicyclic amines) is 1. The molecule has 1 saturated heterocycles. The minimum absolute atomic E-state index is 0. The normalized spacial score (nSPS) is 15.9. The Morgan fingerprint density at radius 2 is 1.75 bits per heavy atom. The van der Waals surface area contributed by atoms with E-state index < -0.39 is 11.6 Å². The average Bonchev–Trinajstić information content (AvgIpc) is 2.43. The van der Waals surface area contributed by atoms with Gasteiger partial charge in [0.15, 0.2) is 5.96 Å². The largest absolute Gasteiger partial charge is 0.370 e. The molecule has 1 aliphatic rings. The maximum atomic E-state index is 13.4. The molecule has 0 unspecified atom stereocenters. The fourth-order valence-corrected chi connectivity index (χ4v) is 2.28. The second-order valence-corrected chi connectivity index (χ2v) is 4.74. The highest BCUT2D eigenvalue weighted by atomic mass is 127. The van der Waals surface area contributed by atoms with E-state index in [9.17, 15) is 8.78 Å². The van der Waals surface area contributed by atoms with Crippen LogP contribution in [-0.2, 0) is 6.42 Å². The van der Waals surface area contributed by atoms with Crippen molar-refractivity contribution in [3.05, 3.63) is 35.4 Å². The third-order valence-corrected chi connectivity index (χ3v) is 3.38. The molecule has 1 heterocycles. The van der Waals surface area contributed by atoms with Crippen molar-refractivity contribution in [2.75, 3.05) is 19.6 Å². The van der Waals surface area contributed by atoms with Gasteiger partial charge in [-0.15, -0.1) is 24.0 Å². The number of benzene rings is 1. The molecule has 0 aromatic heterocycles. The highest BCUT2D eigenvalue weighted by Crippen LogP contribution is 2.13. The van der Waals surface area contributed by atoms with Crippen molar-refractivity contribution in [2.45, 2.75) is 25.7 Å². The van der Waals surface area contributed by atoms with Gasteiger partial charge in [0, 0.05) is 25.2 Å². The molecule has 0 radical (unpaired) electrons. The van der Waals surface area contributed by atoms with Crippen LogP contribution in [-0.4, -0.2) is 30.5 Å². The van der Waals surface area contributed by atoms with Gasteiger partial charge < -0.3 is 10.6 Å². The fourth-order valence-electron chi connectivity index (χ4n) is 2.28. The predicted octanol–water partition coefficient (Wildman–Crippen LogP) is 2.93. The zero-order chi connectivity index (χ0) is 13.7. The Kier molecular flexibility index (Phi) is 7.18. The lowest BCUT2D eigenvalue weighted by Gasteiger charge is -2.27. The molecule has 1 aromatic carbocycles. The number of halogens is 3. The number of aliphatic imine (C=N–C) groups is 1. The van der Waals surface area contributed by atoms with Crippen LogP contribution in [0.15, 0.2) is 23.2 Å². The molecule has 0 saturated carbocycles. The highest BCUT2D eigenvalue weighted by Gasteiger charge is 2.12. The first kappa shape index (κ1) is 17.1. The van der Waals surface area contributed by atoms with Crippen LogP contribution in [0.25, 0.3) is 0 Å². The molecule has 0 amide bonds.